The quantitative estimate of drug-likeness (QED) is 0.246. The zero-order valence-electron chi connectivity index (χ0n) is 13.9. The summed E-state index contributed by atoms with van der Waals surface area (Å²) >= 11 is 0. The first-order valence-electron chi connectivity index (χ1n) is 4.40. The topological polar surface area (TPSA) is 377 Å². The van der Waals surface area contributed by atoms with Crippen LogP contribution in [0.15, 0.2) is 0 Å². The van der Waals surface area contributed by atoms with E-state index in [-0.39, 0.29) is 86.5 Å². The van der Waals surface area contributed by atoms with Crippen LogP contribution in [0, 0.1) is 0 Å². The molecule has 156 valence electrons. The Balaban J connectivity index is -0.0000000272. The van der Waals surface area contributed by atoms with Gasteiger partial charge in [-0.25, -0.2) is 0 Å². The van der Waals surface area contributed by atoms with Crippen LogP contribution >= 0.6 is 16.5 Å². The number of aliphatic hydroxyl groups excluding tert-OH is 2. The van der Waals surface area contributed by atoms with Crippen LogP contribution in [-0.2, 0) is 27.8 Å². The molecule has 0 aliphatic rings. The summed E-state index contributed by atoms with van der Waals surface area (Å²) < 4.78 is 26.7. The van der Waals surface area contributed by atoms with Gasteiger partial charge >= 0.3 is 75.6 Å². The van der Waals surface area contributed by atoms with Crippen molar-refractivity contribution in [2.45, 2.75) is 12.2 Å². The average molecular weight is 470 g/mol. The second-order valence-corrected chi connectivity index (χ2v) is 4.12. The number of hydrogen-bond donors (Lipinski definition) is 2. The standard InChI is InChI=1S/2C3H5O6P.2Na.5H2O/c2*4-2(3(5)6)1-9-10(7)8;;;;;;;/h2*2,4H,1H2,(H,5,6);;;5*1H2/q;;2*+1;;;;;/p-2. The van der Waals surface area contributed by atoms with E-state index in [4.69, 9.17) is 10.2 Å². The SMILES string of the molecule is O.O.O.O.O.O=C([O-])C(O)CO[P+](=O)[O-].O=C([O-])C(O)CO[P+](=O)[O-].[Na+].[Na+]. The molecule has 0 aromatic rings. The van der Waals surface area contributed by atoms with E-state index in [1.165, 1.54) is 0 Å². The minimum atomic E-state index is -3.11. The molecule has 0 saturated carbocycles. The van der Waals surface area contributed by atoms with Crippen molar-refractivity contribution in [1.29, 1.82) is 0 Å². The fourth-order valence-corrected chi connectivity index (χ4v) is 0.925. The Labute approximate surface area is 197 Å². The largest absolute Gasteiger partial charge is 1.00 e. The molecule has 0 aromatic heterocycles. The Kier molecular flexibility index (Phi) is 71.6. The molecule has 0 fully saturated rings. The van der Waals surface area contributed by atoms with Gasteiger partial charge in [0.25, 0.3) is 0 Å². The van der Waals surface area contributed by atoms with Crippen molar-refractivity contribution in [1.82, 2.24) is 0 Å². The van der Waals surface area contributed by atoms with Gasteiger partial charge in [0.2, 0.25) is 0 Å². The van der Waals surface area contributed by atoms with E-state index in [9.17, 15) is 38.7 Å². The third-order valence-electron chi connectivity index (χ3n) is 1.22. The van der Waals surface area contributed by atoms with Gasteiger partial charge in [-0.05, 0) is 9.13 Å². The van der Waals surface area contributed by atoms with Gasteiger partial charge in [0.05, 0.1) is 11.9 Å². The predicted octanol–water partition coefficient (Wildman–Crippen LogP) is -15.9. The van der Waals surface area contributed by atoms with E-state index in [1.807, 2.05) is 0 Å². The molecule has 0 aromatic carbocycles. The van der Waals surface area contributed by atoms with E-state index in [0.29, 0.717) is 0 Å². The van der Waals surface area contributed by atoms with Crippen LogP contribution in [0.4, 0.5) is 0 Å². The molecule has 0 bridgehead atoms. The van der Waals surface area contributed by atoms with Crippen molar-refractivity contribution in [3.8, 4) is 0 Å². The van der Waals surface area contributed by atoms with Crippen molar-refractivity contribution < 1.29 is 144 Å². The Hall–Kier alpha value is 0.700. The molecule has 0 spiro atoms. The summed E-state index contributed by atoms with van der Waals surface area (Å²) in [6, 6.07) is 0. The second-order valence-electron chi connectivity index (χ2n) is 2.71. The smallest absolute Gasteiger partial charge is 0.566 e. The number of aliphatic hydroxyl groups is 2. The first kappa shape index (κ1) is 56.5. The molecule has 0 saturated heterocycles. The zero-order chi connectivity index (χ0) is 16.3. The summed E-state index contributed by atoms with van der Waals surface area (Å²) in [5.41, 5.74) is 0. The minimum Gasteiger partial charge on any atom is -0.566 e. The van der Waals surface area contributed by atoms with Gasteiger partial charge in [0, 0.05) is 0 Å². The monoisotopic (exact) mass is 470 g/mol. The van der Waals surface area contributed by atoms with Crippen LogP contribution in [0.5, 0.6) is 0 Å². The molecular formula is C6H18Na2O17P2. The molecule has 17 nitrogen and oxygen atoms in total. The van der Waals surface area contributed by atoms with Crippen molar-refractivity contribution in [2.75, 3.05) is 13.2 Å². The number of aliphatic carboxylic acids is 2. The van der Waals surface area contributed by atoms with E-state index in [1.54, 1.807) is 0 Å². The minimum absolute atomic E-state index is 0. The van der Waals surface area contributed by atoms with Crippen LogP contribution in [0.1, 0.15) is 0 Å². The fraction of sp³-hybridized carbons (Fsp3) is 0.667. The number of carbonyl (C=O) groups excluding carboxylic acids is 2. The molecule has 4 unspecified atom stereocenters. The van der Waals surface area contributed by atoms with Crippen molar-refractivity contribution in [3.63, 3.8) is 0 Å². The molecule has 0 rings (SSSR count). The first-order valence-corrected chi connectivity index (χ1v) is 6.59. The van der Waals surface area contributed by atoms with Crippen LogP contribution in [0.25, 0.3) is 0 Å². The van der Waals surface area contributed by atoms with E-state index in [2.05, 4.69) is 9.05 Å². The third-order valence-corrected chi connectivity index (χ3v) is 1.94. The zero-order valence-corrected chi connectivity index (χ0v) is 19.7. The van der Waals surface area contributed by atoms with Gasteiger partial charge in [-0.3, -0.25) is 0 Å². The van der Waals surface area contributed by atoms with Crippen LogP contribution in [0.2, 0.25) is 0 Å². The summed E-state index contributed by atoms with van der Waals surface area (Å²) in [6.07, 6.45) is -3.79. The molecule has 0 aliphatic heterocycles. The van der Waals surface area contributed by atoms with Gasteiger partial charge in [-0.1, -0.05) is 0 Å². The molecule has 27 heavy (non-hydrogen) atoms. The van der Waals surface area contributed by atoms with Gasteiger partial charge < -0.3 is 67.2 Å². The fourth-order valence-electron chi connectivity index (χ4n) is 0.399. The summed E-state index contributed by atoms with van der Waals surface area (Å²) in [7, 11) is -6.22. The predicted molar refractivity (Wildman–Crippen MR) is 67.2 cm³/mol. The summed E-state index contributed by atoms with van der Waals surface area (Å²) in [5, 5.41) is 36.0. The van der Waals surface area contributed by atoms with Crippen LogP contribution in [0.3, 0.4) is 0 Å². The summed E-state index contributed by atoms with van der Waals surface area (Å²) in [4.78, 5) is 38.6. The van der Waals surface area contributed by atoms with Crippen molar-refractivity contribution in [2.24, 2.45) is 0 Å². The maximum atomic E-state index is 9.67. The summed E-state index contributed by atoms with van der Waals surface area (Å²) in [6.45, 7) is -1.61. The van der Waals surface area contributed by atoms with E-state index < -0.39 is 53.9 Å². The van der Waals surface area contributed by atoms with Crippen LogP contribution < -0.4 is 79.1 Å². The molecular weight excluding hydrogens is 452 g/mol. The Bertz CT molecular complexity index is 335. The Morgan fingerprint density at radius 2 is 0.926 bits per heavy atom. The van der Waals surface area contributed by atoms with Crippen molar-refractivity contribution >= 4 is 28.4 Å². The average Bonchev–Trinajstić information content (AvgIpc) is 2.33. The van der Waals surface area contributed by atoms with Gasteiger partial charge in [0.1, 0.15) is 25.4 Å². The Morgan fingerprint density at radius 1 is 0.741 bits per heavy atom. The molecule has 4 atom stereocenters. The second kappa shape index (κ2) is 34.2. The summed E-state index contributed by atoms with van der Waals surface area (Å²) in [5.74, 6) is -3.53. The van der Waals surface area contributed by atoms with Gasteiger partial charge in [-0.15, -0.1) is 9.05 Å². The van der Waals surface area contributed by atoms with Gasteiger partial charge in [-0.2, -0.15) is 0 Å². The molecule has 0 aliphatic carbocycles. The maximum absolute atomic E-state index is 9.67. The van der Waals surface area contributed by atoms with Crippen molar-refractivity contribution in [3.05, 3.63) is 0 Å². The molecule has 0 radical (unpaired) electrons. The Morgan fingerprint density at radius 3 is 1.04 bits per heavy atom. The van der Waals surface area contributed by atoms with Crippen LogP contribution in [-0.4, -0.2) is 75.0 Å². The number of rotatable bonds is 8. The number of carboxylic acids is 2. The van der Waals surface area contributed by atoms with Gasteiger partial charge in [0.15, 0.2) is 0 Å². The first-order chi connectivity index (χ1) is 9.07. The normalized spacial score (nSPS) is 10.7. The molecule has 0 heterocycles. The molecule has 0 amide bonds. The molecule has 21 heteroatoms. The number of hydrogen-bond acceptors (Lipinski definition) is 12. The number of carboxylic acid groups (broad SMARTS) is 2. The number of carbonyl (C=O) groups is 2. The molecule has 12 N–H and O–H groups in total. The maximum Gasteiger partial charge on any atom is 1.00 e. The van der Waals surface area contributed by atoms with E-state index in [0.717, 1.165) is 0 Å². The third kappa shape index (κ3) is 46.6. The van der Waals surface area contributed by atoms with E-state index >= 15 is 0 Å².